The molecule has 6 rings (SSSR count). The Kier molecular flexibility index (Phi) is 17.7. The van der Waals surface area contributed by atoms with Gasteiger partial charge >= 0.3 is 17.9 Å². The number of rotatable bonds is 10. The number of carboxylic acid groups (broad SMARTS) is 1. The van der Waals surface area contributed by atoms with Gasteiger partial charge < -0.3 is 45.4 Å². The zero-order chi connectivity index (χ0) is 43.8. The van der Waals surface area contributed by atoms with Gasteiger partial charge in [0.1, 0.15) is 33.3 Å². The summed E-state index contributed by atoms with van der Waals surface area (Å²) < 4.78 is 10.3. The van der Waals surface area contributed by atoms with Gasteiger partial charge in [-0.1, -0.05) is 13.8 Å². The molecule has 2 atom stereocenters. The number of nitriles is 2. The number of aliphatic carboxylic acids is 1. The van der Waals surface area contributed by atoms with Gasteiger partial charge in [-0.25, -0.2) is 19.6 Å². The topological polar surface area (TPSA) is 251 Å². The Hall–Kier alpha value is -6.20. The molecule has 1 amide bonds. The molecule has 4 aromatic heterocycles. The molecule has 0 aromatic carbocycles. The van der Waals surface area contributed by atoms with Crippen LogP contribution >= 0.6 is 0 Å². The summed E-state index contributed by atoms with van der Waals surface area (Å²) in [6, 6.07) is 7.78. The molecule has 4 aromatic rings. The number of piperidine rings is 2. The Labute approximate surface area is 345 Å². The lowest BCUT2D eigenvalue weighted by Gasteiger charge is -2.36. The number of carboxylic acids is 1. The number of hydrogen-bond donors (Lipinski definition) is 6. The van der Waals surface area contributed by atoms with E-state index in [1.165, 1.54) is 20.0 Å². The van der Waals surface area contributed by atoms with Crippen LogP contribution in [0.2, 0.25) is 0 Å². The number of nitrogens with one attached hydrogen (secondary N) is 5. The van der Waals surface area contributed by atoms with Crippen LogP contribution in [0.1, 0.15) is 102 Å². The molecule has 59 heavy (non-hydrogen) atoms. The van der Waals surface area contributed by atoms with Crippen LogP contribution in [-0.2, 0) is 19.1 Å². The summed E-state index contributed by atoms with van der Waals surface area (Å²) in [7, 11) is 0. The van der Waals surface area contributed by atoms with Crippen LogP contribution in [0.5, 0.6) is 0 Å². The lowest BCUT2D eigenvalue weighted by atomic mass is 9.92. The number of pyridine rings is 2. The fourth-order valence-corrected chi connectivity index (χ4v) is 6.21. The van der Waals surface area contributed by atoms with Gasteiger partial charge in [-0.15, -0.1) is 0 Å². The second-order valence-electron chi connectivity index (χ2n) is 14.7. The first kappa shape index (κ1) is 47.2. The highest BCUT2D eigenvalue weighted by molar-refractivity contribution is 6.05. The third kappa shape index (κ3) is 12.4. The molecule has 0 spiro atoms. The predicted molar refractivity (Wildman–Crippen MR) is 225 cm³/mol. The third-order valence-electron chi connectivity index (χ3n) is 9.49. The monoisotopic (exact) mass is 814 g/mol. The van der Waals surface area contributed by atoms with Crippen LogP contribution in [-0.4, -0.2) is 105 Å². The molecule has 6 N–H and O–H groups in total. The highest BCUT2D eigenvalue weighted by atomic mass is 16.5. The molecule has 2 aliphatic heterocycles. The van der Waals surface area contributed by atoms with E-state index >= 15 is 0 Å². The van der Waals surface area contributed by atoms with Crippen molar-refractivity contribution in [3.8, 4) is 12.1 Å². The van der Waals surface area contributed by atoms with Gasteiger partial charge in [0.25, 0.3) is 0 Å². The van der Waals surface area contributed by atoms with Crippen molar-refractivity contribution in [3.05, 3.63) is 48.0 Å². The number of hydrogen-bond acceptors (Lipinski definition) is 13. The number of likely N-dealkylation sites (tertiary alicyclic amines) is 1. The van der Waals surface area contributed by atoms with Crippen LogP contribution in [0.3, 0.4) is 0 Å². The number of nitrogens with zero attached hydrogens (tertiary/aromatic N) is 5. The molecule has 0 radical (unpaired) electrons. The number of carbonyl (C=O) groups excluding carboxylic acids is 3. The normalized spacial score (nSPS) is 16.3. The van der Waals surface area contributed by atoms with Crippen molar-refractivity contribution in [3.63, 3.8) is 0 Å². The number of H-pyrrole nitrogens is 2. The molecule has 2 aliphatic rings. The molecule has 0 aliphatic carbocycles. The number of fused-ring (bicyclic) bond motifs is 2. The fourth-order valence-electron chi connectivity index (χ4n) is 6.21. The number of amides is 1. The quantitative estimate of drug-likeness (QED) is 0.0970. The molecule has 2 saturated heterocycles. The van der Waals surface area contributed by atoms with Crippen LogP contribution < -0.4 is 16.0 Å². The van der Waals surface area contributed by atoms with E-state index in [1.807, 2.05) is 32.2 Å². The maximum absolute atomic E-state index is 12.7. The molecule has 2 fully saturated rings. The third-order valence-corrected chi connectivity index (χ3v) is 9.49. The summed E-state index contributed by atoms with van der Waals surface area (Å²) in [6.07, 6.45) is 10.6. The molecule has 0 saturated carbocycles. The van der Waals surface area contributed by atoms with E-state index in [0.29, 0.717) is 48.2 Å². The van der Waals surface area contributed by atoms with Gasteiger partial charge in [0, 0.05) is 67.3 Å². The first-order valence-corrected chi connectivity index (χ1v) is 20.0. The Morgan fingerprint density at radius 3 is 1.75 bits per heavy atom. The number of aromatic amines is 2. The molecule has 6 heterocycles. The summed E-state index contributed by atoms with van der Waals surface area (Å²) in [4.78, 5) is 63.7. The fraction of sp³-hybridized carbons (Fsp3) is 0.524. The molecule has 0 bridgehead atoms. The zero-order valence-corrected chi connectivity index (χ0v) is 35.3. The first-order valence-electron chi connectivity index (χ1n) is 20.0. The summed E-state index contributed by atoms with van der Waals surface area (Å²) in [5.74, 6) is -2.03. The van der Waals surface area contributed by atoms with Crippen LogP contribution in [0, 0.1) is 33.5 Å². The van der Waals surface area contributed by atoms with E-state index < -0.39 is 22.8 Å². The average Bonchev–Trinajstić information content (AvgIpc) is 3.93. The van der Waals surface area contributed by atoms with E-state index in [9.17, 15) is 24.4 Å². The Morgan fingerprint density at radius 2 is 1.32 bits per heavy atom. The molecular formula is C42H58N10O7. The second kappa shape index (κ2) is 22.1. The largest absolute Gasteiger partial charge is 0.480 e. The molecule has 17 nitrogen and oxygen atoms in total. The van der Waals surface area contributed by atoms with E-state index in [0.717, 1.165) is 60.9 Å². The van der Waals surface area contributed by atoms with Crippen molar-refractivity contribution in [1.82, 2.24) is 30.2 Å². The zero-order valence-electron chi connectivity index (χ0n) is 35.3. The van der Waals surface area contributed by atoms with E-state index in [4.69, 9.17) is 19.8 Å². The summed E-state index contributed by atoms with van der Waals surface area (Å²) in [5, 5.41) is 37.6. The lowest BCUT2D eigenvalue weighted by molar-refractivity contribution is -0.143. The minimum absolute atomic E-state index is 0.0409. The van der Waals surface area contributed by atoms with Crippen molar-refractivity contribution >= 4 is 57.3 Å². The van der Waals surface area contributed by atoms with Crippen molar-refractivity contribution in [2.45, 2.75) is 93.2 Å². The summed E-state index contributed by atoms with van der Waals surface area (Å²) >= 11 is 0. The number of aromatic nitrogens is 4. The molecular weight excluding hydrogens is 757 g/mol. The van der Waals surface area contributed by atoms with Crippen LogP contribution in [0.4, 0.5) is 11.4 Å². The van der Waals surface area contributed by atoms with E-state index in [1.54, 1.807) is 51.1 Å². The van der Waals surface area contributed by atoms with Crippen LogP contribution in [0.25, 0.3) is 22.1 Å². The summed E-state index contributed by atoms with van der Waals surface area (Å²) in [5.41, 5.74) is 1.49. The smallest absolute Gasteiger partial charge is 0.341 e. The first-order chi connectivity index (χ1) is 28.2. The average molecular weight is 815 g/mol. The van der Waals surface area contributed by atoms with Crippen molar-refractivity contribution in [2.24, 2.45) is 10.8 Å². The van der Waals surface area contributed by atoms with Gasteiger partial charge in [-0.2, -0.15) is 10.5 Å². The molecule has 17 heteroatoms. The van der Waals surface area contributed by atoms with Gasteiger partial charge in [0.2, 0.25) is 5.91 Å². The maximum Gasteiger partial charge on any atom is 0.341 e. The van der Waals surface area contributed by atoms with Crippen LogP contribution in [0.15, 0.2) is 36.9 Å². The number of anilines is 2. The number of esters is 2. The highest BCUT2D eigenvalue weighted by Gasteiger charge is 2.35. The number of ether oxygens (including phenoxy) is 2. The highest BCUT2D eigenvalue weighted by Crippen LogP contribution is 2.30. The van der Waals surface area contributed by atoms with Gasteiger partial charge in [-0.05, 0) is 85.9 Å². The van der Waals surface area contributed by atoms with Gasteiger partial charge in [-0.3, -0.25) is 9.59 Å². The Balaban J connectivity index is 0.000000263. The van der Waals surface area contributed by atoms with E-state index in [-0.39, 0.29) is 24.5 Å². The molecule has 318 valence electrons. The minimum atomic E-state index is -1.24. The molecule has 0 unspecified atom stereocenters. The number of carbonyl (C=O) groups is 4. The van der Waals surface area contributed by atoms with Crippen molar-refractivity contribution in [1.29, 1.82) is 10.5 Å². The van der Waals surface area contributed by atoms with Gasteiger partial charge in [0.15, 0.2) is 0 Å². The Morgan fingerprint density at radius 1 is 0.831 bits per heavy atom. The second-order valence-corrected chi connectivity index (χ2v) is 14.7. The SMILES string of the molecule is CC.CC(C)(C#N)C(=O)O.CCOC(=O)c1cnc2[nH]ccc2c1N[C@@H]1CCCN(C(=O)C(C)(C)C#N)C1.CCOC(=O)c1cnc2[nH]ccc2c1N[C@@H]1CCCNC1. The summed E-state index contributed by atoms with van der Waals surface area (Å²) in [6.45, 7) is 17.2. The maximum atomic E-state index is 12.7. The lowest BCUT2D eigenvalue weighted by Crippen LogP contribution is -2.49. The van der Waals surface area contributed by atoms with Crippen molar-refractivity contribution < 1.29 is 33.8 Å². The van der Waals surface area contributed by atoms with E-state index in [2.05, 4.69) is 42.0 Å². The predicted octanol–water partition coefficient (Wildman–Crippen LogP) is 6.24. The van der Waals surface area contributed by atoms with Gasteiger partial charge in [0.05, 0.1) is 36.7 Å². The minimum Gasteiger partial charge on any atom is -0.480 e. The standard InChI is InChI=1S/C20H25N5O3.C15H20N4O2.C5H7NO2.C2H6/c1-4-28-18(26)15-10-23-17-14(7-8-22-17)16(15)24-13-6-5-9-25(11-13)19(27)20(2,3)12-21;1-2-21-15(20)12-9-18-14-11(5-7-17-14)13(12)19-10-4-3-6-16-8-10;1-5(2,3-6)4(7)8;1-2/h7-8,10,13H,4-6,9,11H2,1-3H3,(H2,22,23,24);5,7,9-10,16H,2-4,6,8H2,1H3,(H2,17,18,19);1-2H3,(H,7,8);1-2H3/t13-;10-;;/m11../s1. The van der Waals surface area contributed by atoms with Crippen molar-refractivity contribution in [2.75, 3.05) is 50.0 Å². The Bertz CT molecular complexity index is 2120.